The molecule has 0 aliphatic carbocycles. The number of anilines is 1. The van der Waals surface area contributed by atoms with E-state index in [1.165, 1.54) is 6.07 Å². The van der Waals surface area contributed by atoms with Crippen molar-refractivity contribution >= 4 is 5.82 Å². The molecule has 0 unspecified atom stereocenters. The second-order valence-corrected chi connectivity index (χ2v) is 5.18. The molecule has 6 heteroatoms. The number of rotatable bonds is 7. The average Bonchev–Trinajstić information content (AvgIpc) is 2.62. The van der Waals surface area contributed by atoms with Gasteiger partial charge in [-0.3, -0.25) is 5.32 Å². The summed E-state index contributed by atoms with van der Waals surface area (Å²) in [6, 6.07) is 8.63. The van der Waals surface area contributed by atoms with E-state index in [1.807, 2.05) is 38.4 Å². The van der Waals surface area contributed by atoms with E-state index in [0.29, 0.717) is 24.7 Å². The van der Waals surface area contributed by atoms with Crippen molar-refractivity contribution in [3.8, 4) is 5.75 Å². The van der Waals surface area contributed by atoms with Crippen molar-refractivity contribution in [2.45, 2.75) is 20.5 Å². The molecule has 25 heavy (non-hydrogen) atoms. The molecule has 0 radical (unpaired) electrons. The lowest BCUT2D eigenvalue weighted by molar-refractivity contribution is 0.183. The summed E-state index contributed by atoms with van der Waals surface area (Å²) < 4.78 is 23.6. The first kappa shape index (κ1) is 20.6. The Morgan fingerprint density at radius 1 is 1.24 bits per heavy atom. The van der Waals surface area contributed by atoms with Crippen LogP contribution < -0.4 is 15.4 Å². The van der Waals surface area contributed by atoms with E-state index in [4.69, 9.17) is 4.74 Å². The van der Waals surface area contributed by atoms with E-state index in [0.717, 1.165) is 11.4 Å². The van der Waals surface area contributed by atoms with Crippen molar-refractivity contribution in [2.24, 2.45) is 0 Å². The molecule has 0 bridgehead atoms. The molecule has 0 spiro atoms. The van der Waals surface area contributed by atoms with Gasteiger partial charge < -0.3 is 14.8 Å². The molecule has 0 fully saturated rings. The third-order valence-corrected chi connectivity index (χ3v) is 3.06. The molecule has 0 saturated carbocycles. The fourth-order valence-corrected chi connectivity index (χ4v) is 1.79. The normalized spacial score (nSPS) is 10.3. The van der Waals surface area contributed by atoms with Crippen molar-refractivity contribution in [2.75, 3.05) is 26.2 Å². The van der Waals surface area contributed by atoms with Crippen LogP contribution in [0, 0.1) is 12.7 Å². The second-order valence-electron chi connectivity index (χ2n) is 5.18. The maximum Gasteiger partial charge on any atom is 0.130 e. The second kappa shape index (κ2) is 12.0. The predicted molar refractivity (Wildman–Crippen MR) is 99.1 cm³/mol. The lowest BCUT2D eigenvalue weighted by atomic mass is 10.2. The number of aryl methyl sites for hydroxylation is 1. The number of ether oxygens (including phenoxy) is 2. The first-order valence-corrected chi connectivity index (χ1v) is 7.95. The summed E-state index contributed by atoms with van der Waals surface area (Å²) >= 11 is 0. The molecule has 0 aliphatic rings. The van der Waals surface area contributed by atoms with Crippen LogP contribution >= 0.6 is 0 Å². The van der Waals surface area contributed by atoms with Crippen LogP contribution in [0.25, 0.3) is 0 Å². The number of halogens is 1. The zero-order valence-corrected chi connectivity index (χ0v) is 15.2. The lowest BCUT2D eigenvalue weighted by Gasteiger charge is -2.08. The minimum absolute atomic E-state index is 0.257. The summed E-state index contributed by atoms with van der Waals surface area (Å²) in [5.41, 5.74) is 1.58. The van der Waals surface area contributed by atoms with Gasteiger partial charge in [-0.25, -0.2) is 9.37 Å². The van der Waals surface area contributed by atoms with Gasteiger partial charge in [-0.15, -0.1) is 0 Å². The van der Waals surface area contributed by atoms with E-state index >= 15 is 0 Å². The van der Waals surface area contributed by atoms with Gasteiger partial charge in [0, 0.05) is 19.4 Å². The highest BCUT2D eigenvalue weighted by Crippen LogP contribution is 2.17. The zero-order chi connectivity index (χ0) is 18.5. The largest absolute Gasteiger partial charge is 0.489 e. The van der Waals surface area contributed by atoms with Crippen molar-refractivity contribution in [3.63, 3.8) is 0 Å². The van der Waals surface area contributed by atoms with E-state index in [2.05, 4.69) is 20.4 Å². The predicted octanol–water partition coefficient (Wildman–Crippen LogP) is 3.86. The molecule has 1 aromatic carbocycles. The highest BCUT2D eigenvalue weighted by atomic mass is 19.1. The summed E-state index contributed by atoms with van der Waals surface area (Å²) in [5, 5.41) is 5.84. The first-order chi connectivity index (χ1) is 12.1. The Morgan fingerprint density at radius 3 is 2.64 bits per heavy atom. The smallest absolute Gasteiger partial charge is 0.130 e. The van der Waals surface area contributed by atoms with Gasteiger partial charge in [-0.2, -0.15) is 0 Å². The molecule has 2 rings (SSSR count). The van der Waals surface area contributed by atoms with Gasteiger partial charge in [0.15, 0.2) is 0 Å². The number of nitrogens with one attached hydrogen (secondary N) is 2. The van der Waals surface area contributed by atoms with Crippen molar-refractivity contribution in [1.82, 2.24) is 10.3 Å². The van der Waals surface area contributed by atoms with Gasteiger partial charge in [0.05, 0.1) is 6.73 Å². The molecular weight excluding hydrogens is 321 g/mol. The van der Waals surface area contributed by atoms with Gasteiger partial charge in [-0.1, -0.05) is 12.1 Å². The summed E-state index contributed by atoms with van der Waals surface area (Å²) in [5.74, 6) is 1.01. The van der Waals surface area contributed by atoms with Crippen LogP contribution in [-0.2, 0) is 11.3 Å². The van der Waals surface area contributed by atoms with Crippen molar-refractivity contribution in [1.29, 1.82) is 0 Å². The Hall–Kier alpha value is -2.44. The summed E-state index contributed by atoms with van der Waals surface area (Å²) in [7, 11) is 3.49. The van der Waals surface area contributed by atoms with Crippen LogP contribution in [0.15, 0.2) is 48.8 Å². The number of pyridine rings is 1. The number of nitrogens with zero attached hydrogens (tertiary/aromatic N) is 1. The summed E-state index contributed by atoms with van der Waals surface area (Å²) in [4.78, 5) is 4.18. The number of benzene rings is 1. The molecule has 0 amide bonds. The summed E-state index contributed by atoms with van der Waals surface area (Å²) in [6.45, 7) is 4.66. The van der Waals surface area contributed by atoms with E-state index < -0.39 is 0 Å². The molecule has 0 aliphatic heterocycles. The molecule has 1 aromatic heterocycles. The molecule has 2 N–H and O–H groups in total. The molecular formula is C19H26FN3O2. The Balaban J connectivity index is 0.000000550. The van der Waals surface area contributed by atoms with Gasteiger partial charge in [0.25, 0.3) is 0 Å². The van der Waals surface area contributed by atoms with Crippen LogP contribution in [0.5, 0.6) is 5.75 Å². The average molecular weight is 347 g/mol. The fourth-order valence-electron chi connectivity index (χ4n) is 1.79. The van der Waals surface area contributed by atoms with Crippen LogP contribution in [-0.4, -0.2) is 25.9 Å². The number of allylic oxidation sites excluding steroid dienone is 1. The molecule has 5 nitrogen and oxygen atoms in total. The van der Waals surface area contributed by atoms with Crippen molar-refractivity contribution in [3.05, 3.63) is 65.7 Å². The van der Waals surface area contributed by atoms with E-state index in [1.54, 1.807) is 32.4 Å². The van der Waals surface area contributed by atoms with E-state index in [9.17, 15) is 4.39 Å². The highest BCUT2D eigenvalue weighted by Gasteiger charge is 2.02. The SMILES string of the molecule is C/C=C\Nc1cc(COc2ccc(C)c(F)c2)ccn1.CNCOC. The van der Waals surface area contributed by atoms with Crippen LogP contribution in [0.1, 0.15) is 18.1 Å². The third-order valence-electron chi connectivity index (χ3n) is 3.06. The van der Waals surface area contributed by atoms with Gasteiger partial charge in [0.2, 0.25) is 0 Å². The monoisotopic (exact) mass is 347 g/mol. The number of methoxy groups -OCH3 is 1. The Kier molecular flexibility index (Phi) is 9.89. The molecule has 0 atom stereocenters. The Bertz CT molecular complexity index is 661. The zero-order valence-electron chi connectivity index (χ0n) is 15.2. The molecule has 1 heterocycles. The Morgan fingerprint density at radius 2 is 2.04 bits per heavy atom. The molecule has 136 valence electrons. The van der Waals surface area contributed by atoms with Gasteiger partial charge >= 0.3 is 0 Å². The van der Waals surface area contributed by atoms with E-state index in [-0.39, 0.29) is 5.82 Å². The van der Waals surface area contributed by atoms with Crippen LogP contribution in [0.4, 0.5) is 10.2 Å². The van der Waals surface area contributed by atoms with Crippen molar-refractivity contribution < 1.29 is 13.9 Å². The summed E-state index contributed by atoms with van der Waals surface area (Å²) in [6.07, 6.45) is 5.41. The van der Waals surface area contributed by atoms with Gasteiger partial charge in [-0.05, 0) is 56.4 Å². The fraction of sp³-hybridized carbons (Fsp3) is 0.316. The standard InChI is InChI=1S/C16H17FN2O.C3H9NO/c1-3-7-18-16-9-13(6-8-19-16)11-20-14-5-4-12(2)15(17)10-14;1-4-3-5-2/h3-10H,11H2,1-2H3,(H,18,19);4H,3H2,1-2H3/b7-3-;. The minimum atomic E-state index is -0.257. The number of hydrogen-bond acceptors (Lipinski definition) is 5. The molecule has 0 saturated heterocycles. The first-order valence-electron chi connectivity index (χ1n) is 7.95. The quantitative estimate of drug-likeness (QED) is 0.745. The topological polar surface area (TPSA) is 55.4 Å². The number of aromatic nitrogens is 1. The number of hydrogen-bond donors (Lipinski definition) is 2. The maximum atomic E-state index is 13.4. The minimum Gasteiger partial charge on any atom is -0.489 e. The third kappa shape index (κ3) is 8.28. The van der Waals surface area contributed by atoms with Crippen LogP contribution in [0.2, 0.25) is 0 Å². The Labute approximate surface area is 148 Å². The maximum absolute atomic E-state index is 13.4. The molecule has 2 aromatic rings. The van der Waals surface area contributed by atoms with Gasteiger partial charge in [0.1, 0.15) is 24.0 Å². The lowest BCUT2D eigenvalue weighted by Crippen LogP contribution is -2.08. The van der Waals surface area contributed by atoms with Crippen LogP contribution in [0.3, 0.4) is 0 Å². The highest BCUT2D eigenvalue weighted by molar-refractivity contribution is 5.40.